The Balaban J connectivity index is 1.02. The number of fused-ring (bicyclic) bond motifs is 7. The van der Waals surface area contributed by atoms with Crippen molar-refractivity contribution in [2.45, 2.75) is 30.6 Å². The van der Waals surface area contributed by atoms with Crippen molar-refractivity contribution in [3.63, 3.8) is 0 Å². The molecule has 2 heterocycles. The van der Waals surface area contributed by atoms with Gasteiger partial charge in [0.25, 0.3) is 0 Å². The number of nitrogens with zero attached hydrogens (tertiary/aromatic N) is 3. The van der Waals surface area contributed by atoms with E-state index in [2.05, 4.69) is 121 Å². The van der Waals surface area contributed by atoms with Gasteiger partial charge in [0.1, 0.15) is 11.5 Å². The molecule has 0 fully saturated rings. The van der Waals surface area contributed by atoms with E-state index in [0.29, 0.717) is 17.5 Å². The van der Waals surface area contributed by atoms with Crippen molar-refractivity contribution in [1.29, 1.82) is 0 Å². The predicted molar refractivity (Wildman–Crippen MR) is 225 cm³/mol. The zero-order valence-electron chi connectivity index (χ0n) is 30.8. The lowest BCUT2D eigenvalue weighted by Gasteiger charge is -2.44. The molecule has 2 atom stereocenters. The van der Waals surface area contributed by atoms with Crippen LogP contribution in [-0.4, -0.2) is 15.0 Å². The van der Waals surface area contributed by atoms with Crippen LogP contribution >= 0.6 is 0 Å². The molecule has 4 heteroatoms. The van der Waals surface area contributed by atoms with E-state index in [0.717, 1.165) is 53.0 Å². The molecule has 6 aromatic carbocycles. The van der Waals surface area contributed by atoms with Crippen molar-refractivity contribution in [1.82, 2.24) is 15.0 Å². The van der Waals surface area contributed by atoms with Crippen molar-refractivity contribution in [2.24, 2.45) is 0 Å². The van der Waals surface area contributed by atoms with E-state index in [1.807, 2.05) is 60.7 Å². The number of aromatic nitrogens is 3. The number of allylic oxidation sites excluding steroid dienone is 8. The van der Waals surface area contributed by atoms with E-state index < -0.39 is 5.41 Å². The normalized spacial score (nSPS) is 19.0. The van der Waals surface area contributed by atoms with E-state index in [9.17, 15) is 0 Å². The van der Waals surface area contributed by atoms with Gasteiger partial charge in [-0.15, -0.1) is 0 Å². The Labute approximate surface area is 327 Å². The smallest absolute Gasteiger partial charge is 0.164 e. The molecule has 0 N–H and O–H groups in total. The topological polar surface area (TPSA) is 47.9 Å². The number of ether oxygens (including phenoxy) is 1. The van der Waals surface area contributed by atoms with Crippen LogP contribution in [0, 0.1) is 0 Å². The molecule has 0 amide bonds. The van der Waals surface area contributed by atoms with Gasteiger partial charge >= 0.3 is 0 Å². The number of hydrogen-bond donors (Lipinski definition) is 0. The Morgan fingerprint density at radius 3 is 1.79 bits per heavy atom. The van der Waals surface area contributed by atoms with Crippen LogP contribution in [0.4, 0.5) is 0 Å². The zero-order valence-corrected chi connectivity index (χ0v) is 30.8. The van der Waals surface area contributed by atoms with Crippen LogP contribution in [0.15, 0.2) is 199 Å². The summed E-state index contributed by atoms with van der Waals surface area (Å²) < 4.78 is 7.11. The summed E-state index contributed by atoms with van der Waals surface area (Å²) in [5.41, 5.74) is 14.1. The van der Waals surface area contributed by atoms with E-state index in [1.54, 1.807) is 0 Å². The maximum Gasteiger partial charge on any atom is 0.164 e. The third-order valence-electron chi connectivity index (χ3n) is 11.9. The molecule has 1 aliphatic heterocycles. The lowest BCUT2D eigenvalue weighted by Crippen LogP contribution is -2.37. The van der Waals surface area contributed by atoms with E-state index in [1.165, 1.54) is 44.5 Å². The maximum atomic E-state index is 7.11. The SMILES string of the molecule is C1=CC2=C(CC1)C1(C3=C(Oc4ccccc41)C(c1ccccc1-c1ccc(-c4nc(-c5ccccc5)nc(-c5ccccc5)n4)cc1)CC=C3)c1ccccc12. The van der Waals surface area contributed by atoms with Crippen LogP contribution in [0.2, 0.25) is 0 Å². The molecule has 7 aromatic rings. The van der Waals surface area contributed by atoms with Gasteiger partial charge in [0.05, 0.1) is 5.41 Å². The summed E-state index contributed by atoms with van der Waals surface area (Å²) in [6.07, 6.45) is 12.3. The molecule has 266 valence electrons. The first kappa shape index (κ1) is 32.5. The van der Waals surface area contributed by atoms with Gasteiger partial charge in [-0.3, -0.25) is 0 Å². The molecule has 1 aromatic heterocycles. The van der Waals surface area contributed by atoms with Gasteiger partial charge in [0, 0.05) is 33.7 Å². The third kappa shape index (κ3) is 5.03. The van der Waals surface area contributed by atoms with E-state index in [-0.39, 0.29) is 5.92 Å². The highest BCUT2D eigenvalue weighted by Crippen LogP contribution is 2.63. The van der Waals surface area contributed by atoms with Gasteiger partial charge in [0.15, 0.2) is 17.5 Å². The highest BCUT2D eigenvalue weighted by molar-refractivity contribution is 5.92. The summed E-state index contributed by atoms with van der Waals surface area (Å²) in [4.78, 5) is 14.8. The fourth-order valence-electron chi connectivity index (χ4n) is 9.46. The van der Waals surface area contributed by atoms with Crippen LogP contribution in [-0.2, 0) is 5.41 Å². The second-order valence-electron chi connectivity index (χ2n) is 14.9. The minimum Gasteiger partial charge on any atom is -0.460 e. The number of hydrogen-bond acceptors (Lipinski definition) is 4. The Bertz CT molecular complexity index is 2740. The Morgan fingerprint density at radius 2 is 1.07 bits per heavy atom. The quantitative estimate of drug-likeness (QED) is 0.178. The van der Waals surface area contributed by atoms with Crippen LogP contribution in [0.25, 0.3) is 50.9 Å². The van der Waals surface area contributed by atoms with Gasteiger partial charge < -0.3 is 4.74 Å². The maximum absolute atomic E-state index is 7.11. The largest absolute Gasteiger partial charge is 0.460 e. The van der Waals surface area contributed by atoms with Crippen LogP contribution in [0.5, 0.6) is 5.75 Å². The minimum absolute atomic E-state index is 0.0393. The molecular formula is C52H37N3O. The molecule has 0 bridgehead atoms. The van der Waals surface area contributed by atoms with Crippen LogP contribution in [0.3, 0.4) is 0 Å². The highest BCUT2D eigenvalue weighted by Gasteiger charge is 2.53. The lowest BCUT2D eigenvalue weighted by atomic mass is 9.61. The number of benzene rings is 6. The fraction of sp³-hybridized carbons (Fsp3) is 0.0962. The average Bonchev–Trinajstić information content (AvgIpc) is 3.57. The fourth-order valence-corrected chi connectivity index (χ4v) is 9.46. The molecule has 11 rings (SSSR count). The standard InChI is InChI=1S/C52H37N3O/c1-3-16-35(17-4-1)49-53-50(36-18-5-2-6-19-36)55-51(54-49)37-32-30-34(31-33-37)38-20-7-8-21-39(38)42-24-15-28-46-48(42)56-47-29-14-13-27-45(47)52(46)43-25-11-9-22-40(43)41-23-10-12-26-44(41)52/h1-11,13-23,25,27-33,42H,12,24,26H2. The summed E-state index contributed by atoms with van der Waals surface area (Å²) in [5.74, 6) is 4.00. The van der Waals surface area contributed by atoms with Crippen molar-refractivity contribution in [2.75, 3.05) is 0 Å². The van der Waals surface area contributed by atoms with E-state index >= 15 is 0 Å². The van der Waals surface area contributed by atoms with Crippen molar-refractivity contribution < 1.29 is 4.74 Å². The summed E-state index contributed by atoms with van der Waals surface area (Å²) >= 11 is 0. The minimum atomic E-state index is -0.394. The molecule has 4 aliphatic rings. The second kappa shape index (κ2) is 13.1. The van der Waals surface area contributed by atoms with Gasteiger partial charge in [-0.1, -0.05) is 176 Å². The Morgan fingerprint density at radius 1 is 0.500 bits per heavy atom. The lowest BCUT2D eigenvalue weighted by molar-refractivity contribution is 0.343. The summed E-state index contributed by atoms with van der Waals surface area (Å²) in [7, 11) is 0. The summed E-state index contributed by atoms with van der Waals surface area (Å²) in [5, 5.41) is 0. The first-order valence-electron chi connectivity index (χ1n) is 19.5. The molecule has 2 unspecified atom stereocenters. The molecule has 0 saturated heterocycles. The molecule has 56 heavy (non-hydrogen) atoms. The van der Waals surface area contributed by atoms with Crippen LogP contribution < -0.4 is 4.74 Å². The van der Waals surface area contributed by atoms with Crippen LogP contribution in [0.1, 0.15) is 47.4 Å². The Hall–Kier alpha value is -6.91. The van der Waals surface area contributed by atoms with E-state index in [4.69, 9.17) is 19.7 Å². The third-order valence-corrected chi connectivity index (χ3v) is 11.9. The van der Waals surface area contributed by atoms with Crippen molar-refractivity contribution in [3.05, 3.63) is 221 Å². The monoisotopic (exact) mass is 719 g/mol. The molecule has 1 spiro atoms. The van der Waals surface area contributed by atoms with Gasteiger partial charge in [-0.05, 0) is 64.3 Å². The summed E-state index contributed by atoms with van der Waals surface area (Å²) in [6.45, 7) is 0. The first-order chi connectivity index (χ1) is 27.8. The zero-order chi connectivity index (χ0) is 37.1. The van der Waals surface area contributed by atoms with Gasteiger partial charge in [-0.25, -0.2) is 15.0 Å². The highest BCUT2D eigenvalue weighted by atomic mass is 16.5. The molecule has 4 nitrogen and oxygen atoms in total. The predicted octanol–water partition coefficient (Wildman–Crippen LogP) is 12.3. The molecule has 0 radical (unpaired) electrons. The van der Waals surface area contributed by atoms with Gasteiger partial charge in [0.2, 0.25) is 0 Å². The second-order valence-corrected chi connectivity index (χ2v) is 14.9. The average molecular weight is 720 g/mol. The number of para-hydroxylation sites is 1. The number of rotatable bonds is 5. The van der Waals surface area contributed by atoms with Crippen molar-refractivity contribution >= 4 is 5.57 Å². The van der Waals surface area contributed by atoms with Gasteiger partial charge in [-0.2, -0.15) is 0 Å². The van der Waals surface area contributed by atoms with Crippen molar-refractivity contribution in [3.8, 4) is 51.0 Å². The molecular weight excluding hydrogens is 683 g/mol. The first-order valence-corrected chi connectivity index (χ1v) is 19.5. The summed E-state index contributed by atoms with van der Waals surface area (Å²) in [6, 6.07) is 55.5. The molecule has 0 saturated carbocycles. The Kier molecular flexibility index (Phi) is 7.63. The molecule has 3 aliphatic carbocycles.